The zero-order valence-electron chi connectivity index (χ0n) is 12.6. The molecule has 0 bridgehead atoms. The molecule has 0 aliphatic heterocycles. The summed E-state index contributed by atoms with van der Waals surface area (Å²) in [6.07, 6.45) is 1.80. The first-order chi connectivity index (χ1) is 9.55. The van der Waals surface area contributed by atoms with Gasteiger partial charge in [0, 0.05) is 5.92 Å². The van der Waals surface area contributed by atoms with Gasteiger partial charge in [-0.2, -0.15) is 0 Å². The first kappa shape index (κ1) is 15.0. The summed E-state index contributed by atoms with van der Waals surface area (Å²) in [5.74, 6) is -0.187. The van der Waals surface area contributed by atoms with Gasteiger partial charge in [-0.05, 0) is 31.7 Å². The molecule has 0 saturated heterocycles. The number of ether oxygens (including phenoxy) is 1. The molecule has 1 aliphatic rings. The van der Waals surface area contributed by atoms with Crippen LogP contribution >= 0.6 is 0 Å². The van der Waals surface area contributed by atoms with Crippen molar-refractivity contribution in [2.75, 3.05) is 6.61 Å². The van der Waals surface area contributed by atoms with Crippen LogP contribution in [-0.2, 0) is 9.53 Å². The van der Waals surface area contributed by atoms with Gasteiger partial charge in [0.05, 0.1) is 12.2 Å². The molecule has 1 fully saturated rings. The minimum atomic E-state index is -0.986. The number of carbonyl (C=O) groups excluding carboxylic acids is 1. The highest BCUT2D eigenvalue weighted by molar-refractivity contribution is 5.84. The van der Waals surface area contributed by atoms with E-state index in [9.17, 15) is 9.90 Å². The monoisotopic (exact) mass is 276 g/mol. The molecule has 110 valence electrons. The standard InChI is InChI=1S/C17H24O3/c1-4-16(19,5-2)17(15(18)20-6-3)12-14(17)13-10-8-7-9-11-13/h7-11,14,19H,4-6,12H2,1-3H3/t14-,17+/m1/s1. The number of hydrogen-bond acceptors (Lipinski definition) is 3. The minimum Gasteiger partial charge on any atom is -0.465 e. The molecular weight excluding hydrogens is 252 g/mol. The number of esters is 1. The lowest BCUT2D eigenvalue weighted by molar-refractivity contribution is -0.163. The summed E-state index contributed by atoms with van der Waals surface area (Å²) in [7, 11) is 0. The third-order valence-corrected chi connectivity index (χ3v) is 4.80. The first-order valence-electron chi connectivity index (χ1n) is 7.50. The molecule has 0 radical (unpaired) electrons. The summed E-state index contributed by atoms with van der Waals surface area (Å²) in [5.41, 5.74) is -0.644. The second kappa shape index (κ2) is 5.57. The third kappa shape index (κ3) is 2.14. The van der Waals surface area contributed by atoms with E-state index in [0.29, 0.717) is 25.9 Å². The fourth-order valence-corrected chi connectivity index (χ4v) is 3.42. The highest BCUT2D eigenvalue weighted by atomic mass is 16.5. The highest BCUT2D eigenvalue weighted by Crippen LogP contribution is 2.67. The fraction of sp³-hybridized carbons (Fsp3) is 0.588. The summed E-state index contributed by atoms with van der Waals surface area (Å²) in [4.78, 5) is 12.5. The van der Waals surface area contributed by atoms with Gasteiger partial charge in [0.15, 0.2) is 0 Å². The lowest BCUT2D eigenvalue weighted by atomic mass is 9.77. The number of hydrogen-bond donors (Lipinski definition) is 1. The second-order valence-corrected chi connectivity index (χ2v) is 5.60. The van der Waals surface area contributed by atoms with Gasteiger partial charge in [-0.3, -0.25) is 4.79 Å². The average Bonchev–Trinajstić information content (AvgIpc) is 3.25. The molecule has 0 amide bonds. The van der Waals surface area contributed by atoms with E-state index in [1.807, 2.05) is 51.1 Å². The molecule has 20 heavy (non-hydrogen) atoms. The lowest BCUT2D eigenvalue weighted by Crippen LogP contribution is -2.45. The molecule has 1 saturated carbocycles. The topological polar surface area (TPSA) is 46.5 Å². The van der Waals surface area contributed by atoms with Crippen molar-refractivity contribution in [2.24, 2.45) is 5.41 Å². The Balaban J connectivity index is 2.37. The van der Waals surface area contributed by atoms with Crippen LogP contribution < -0.4 is 0 Å². The van der Waals surface area contributed by atoms with E-state index in [1.54, 1.807) is 0 Å². The number of benzene rings is 1. The number of aliphatic hydroxyl groups is 1. The predicted molar refractivity (Wildman–Crippen MR) is 78.4 cm³/mol. The van der Waals surface area contributed by atoms with Gasteiger partial charge in [-0.25, -0.2) is 0 Å². The van der Waals surface area contributed by atoms with E-state index in [4.69, 9.17) is 4.74 Å². The van der Waals surface area contributed by atoms with Crippen molar-refractivity contribution in [3.8, 4) is 0 Å². The molecule has 0 unspecified atom stereocenters. The summed E-state index contributed by atoms with van der Waals surface area (Å²) in [6.45, 7) is 6.03. The van der Waals surface area contributed by atoms with Crippen LogP contribution in [0, 0.1) is 5.41 Å². The largest absolute Gasteiger partial charge is 0.465 e. The maximum absolute atomic E-state index is 12.5. The lowest BCUT2D eigenvalue weighted by Gasteiger charge is -2.34. The van der Waals surface area contributed by atoms with Crippen molar-refractivity contribution in [1.82, 2.24) is 0 Å². The molecule has 2 rings (SSSR count). The van der Waals surface area contributed by atoms with Gasteiger partial charge >= 0.3 is 5.97 Å². The summed E-state index contributed by atoms with van der Waals surface area (Å²) in [5, 5.41) is 10.9. The minimum absolute atomic E-state index is 0.0626. The van der Waals surface area contributed by atoms with Gasteiger partial charge in [-0.15, -0.1) is 0 Å². The maximum Gasteiger partial charge on any atom is 0.315 e. The Bertz CT molecular complexity index is 464. The van der Waals surface area contributed by atoms with Gasteiger partial charge in [0.1, 0.15) is 5.41 Å². The molecule has 0 heterocycles. The van der Waals surface area contributed by atoms with Gasteiger partial charge in [0.2, 0.25) is 0 Å². The van der Waals surface area contributed by atoms with Crippen molar-refractivity contribution in [3.05, 3.63) is 35.9 Å². The Hall–Kier alpha value is -1.35. The molecule has 1 aromatic carbocycles. The Morgan fingerprint density at radius 3 is 2.40 bits per heavy atom. The molecular formula is C17H24O3. The Labute approximate surface area is 121 Å². The van der Waals surface area contributed by atoms with E-state index in [1.165, 1.54) is 0 Å². The number of carbonyl (C=O) groups is 1. The third-order valence-electron chi connectivity index (χ3n) is 4.80. The van der Waals surface area contributed by atoms with Crippen LogP contribution in [0.2, 0.25) is 0 Å². The molecule has 1 N–H and O–H groups in total. The zero-order chi connectivity index (χ0) is 14.8. The van der Waals surface area contributed by atoms with E-state index in [0.717, 1.165) is 5.56 Å². The molecule has 0 aromatic heterocycles. The van der Waals surface area contributed by atoms with E-state index in [-0.39, 0.29) is 11.9 Å². The molecule has 0 spiro atoms. The Morgan fingerprint density at radius 2 is 1.90 bits per heavy atom. The molecule has 3 heteroatoms. The average molecular weight is 276 g/mol. The first-order valence-corrected chi connectivity index (χ1v) is 7.50. The van der Waals surface area contributed by atoms with Gasteiger partial charge in [0.25, 0.3) is 0 Å². The Morgan fingerprint density at radius 1 is 1.30 bits per heavy atom. The highest BCUT2D eigenvalue weighted by Gasteiger charge is 2.71. The van der Waals surface area contributed by atoms with Crippen LogP contribution in [0.5, 0.6) is 0 Å². The fourth-order valence-electron chi connectivity index (χ4n) is 3.42. The van der Waals surface area contributed by atoms with Crippen molar-refractivity contribution in [1.29, 1.82) is 0 Å². The van der Waals surface area contributed by atoms with Crippen molar-refractivity contribution >= 4 is 5.97 Å². The van der Waals surface area contributed by atoms with Crippen LogP contribution in [-0.4, -0.2) is 23.3 Å². The SMILES string of the molecule is CCOC(=O)[C@]1(C(O)(CC)CC)C[C@@H]1c1ccccc1. The van der Waals surface area contributed by atoms with Crippen LogP contribution in [0.15, 0.2) is 30.3 Å². The van der Waals surface area contributed by atoms with Gasteiger partial charge < -0.3 is 9.84 Å². The van der Waals surface area contributed by atoms with Crippen LogP contribution in [0.4, 0.5) is 0 Å². The van der Waals surface area contributed by atoms with Crippen LogP contribution in [0.1, 0.15) is 51.5 Å². The summed E-state index contributed by atoms with van der Waals surface area (Å²) in [6, 6.07) is 9.96. The second-order valence-electron chi connectivity index (χ2n) is 5.60. The summed E-state index contributed by atoms with van der Waals surface area (Å²) >= 11 is 0. The van der Waals surface area contributed by atoms with E-state index < -0.39 is 11.0 Å². The van der Waals surface area contributed by atoms with Gasteiger partial charge in [-0.1, -0.05) is 44.2 Å². The van der Waals surface area contributed by atoms with E-state index >= 15 is 0 Å². The van der Waals surface area contributed by atoms with Crippen molar-refractivity contribution in [2.45, 2.75) is 51.6 Å². The Kier molecular flexibility index (Phi) is 4.19. The van der Waals surface area contributed by atoms with E-state index in [2.05, 4.69) is 0 Å². The molecule has 2 atom stereocenters. The number of rotatable bonds is 6. The smallest absolute Gasteiger partial charge is 0.315 e. The molecule has 1 aromatic rings. The van der Waals surface area contributed by atoms with Crippen LogP contribution in [0.25, 0.3) is 0 Å². The molecule has 1 aliphatic carbocycles. The predicted octanol–water partition coefficient (Wildman–Crippen LogP) is 3.27. The quantitative estimate of drug-likeness (QED) is 0.811. The normalized spacial score (nSPS) is 25.3. The molecule has 3 nitrogen and oxygen atoms in total. The zero-order valence-corrected chi connectivity index (χ0v) is 12.6. The van der Waals surface area contributed by atoms with Crippen LogP contribution in [0.3, 0.4) is 0 Å². The van der Waals surface area contributed by atoms with Crippen molar-refractivity contribution < 1.29 is 14.6 Å². The summed E-state index contributed by atoms with van der Waals surface area (Å²) < 4.78 is 5.27. The maximum atomic E-state index is 12.5. The van der Waals surface area contributed by atoms with Crippen molar-refractivity contribution in [3.63, 3.8) is 0 Å².